The van der Waals surface area contributed by atoms with E-state index in [-0.39, 0.29) is 31.7 Å². The molecule has 0 aliphatic carbocycles. The van der Waals surface area contributed by atoms with Gasteiger partial charge in [0.2, 0.25) is 0 Å². The zero-order valence-corrected chi connectivity index (χ0v) is 22.8. The molecule has 38 heavy (non-hydrogen) atoms. The van der Waals surface area contributed by atoms with Gasteiger partial charge in [-0.25, -0.2) is 9.18 Å². The van der Waals surface area contributed by atoms with E-state index in [0.29, 0.717) is 0 Å². The summed E-state index contributed by atoms with van der Waals surface area (Å²) in [6, 6.07) is -1.21. The molecule has 2 unspecified atom stereocenters. The number of amides is 2. The van der Waals surface area contributed by atoms with Crippen LogP contribution < -0.4 is 10.4 Å². The van der Waals surface area contributed by atoms with E-state index in [9.17, 15) is 23.7 Å². The fraction of sp³-hybridized carbons (Fsp3) is 0.500. The molecule has 0 aromatic heterocycles. The third-order valence-electron chi connectivity index (χ3n) is 4.23. The highest BCUT2D eigenvalue weighted by atomic mass is 31.1. The average Bonchev–Trinajstić information content (AvgIpc) is 3.23. The van der Waals surface area contributed by atoms with E-state index in [2.05, 4.69) is 41.5 Å². The second kappa shape index (κ2) is 24.6. The molecule has 0 radical (unpaired) electrons. The topological polar surface area (TPSA) is 189 Å². The standard InChI is InChI=1S/C9H13FN2O4.C5H10NO4P.2C5H8.H2O/c10-5-2-11-9(15)12(3-5)8-1-6(14)7(4-13)16-8;1-3-10-5(7)4(2)6-11(8)9;2*1-3-5-4-2;/h3,6-8,13-14H,1-2,4H2,(H,11,15);4H,3H2,1-2H3,(H-,6,8,9);2*3-4H,1-2,5H2;1H2/p+1/t6?,7-,8-;4-;;;/m10.../s1. The Morgan fingerprint density at radius 3 is 2.21 bits per heavy atom. The largest absolute Gasteiger partial charge is 0.611 e. The van der Waals surface area contributed by atoms with Gasteiger partial charge in [0.15, 0.2) is 0 Å². The molecule has 0 spiro atoms. The molecule has 2 aliphatic heterocycles. The molecule has 2 aliphatic rings. The van der Waals surface area contributed by atoms with Gasteiger partial charge in [0.05, 0.1) is 25.9 Å². The number of rotatable bonds is 10. The summed E-state index contributed by atoms with van der Waals surface area (Å²) >= 11 is 0. The van der Waals surface area contributed by atoms with E-state index in [4.69, 9.17) is 14.7 Å². The number of carbonyl (C=O) groups is 2. The first-order valence-corrected chi connectivity index (χ1v) is 12.6. The lowest BCUT2D eigenvalue weighted by atomic mass is 10.2. The van der Waals surface area contributed by atoms with Gasteiger partial charge in [0, 0.05) is 12.6 Å². The smallest absolute Gasteiger partial charge is 0.465 e. The predicted octanol–water partition coefficient (Wildman–Crippen LogP) is 2.14. The Bertz CT molecular complexity index is 757. The second-order valence-electron chi connectivity index (χ2n) is 7.26. The van der Waals surface area contributed by atoms with Gasteiger partial charge in [0.1, 0.15) is 24.2 Å². The summed E-state index contributed by atoms with van der Waals surface area (Å²) in [5.41, 5.74) is 0. The minimum Gasteiger partial charge on any atom is -0.465 e. The summed E-state index contributed by atoms with van der Waals surface area (Å²) in [7, 11) is -2.48. The Labute approximate surface area is 224 Å². The van der Waals surface area contributed by atoms with Crippen LogP contribution in [0.15, 0.2) is 62.6 Å². The zero-order chi connectivity index (χ0) is 28.8. The van der Waals surface area contributed by atoms with Crippen molar-refractivity contribution >= 4 is 20.2 Å². The van der Waals surface area contributed by atoms with Crippen LogP contribution in [-0.4, -0.2) is 81.7 Å². The molecule has 1 saturated heterocycles. The highest BCUT2D eigenvalue weighted by molar-refractivity contribution is 7.35. The monoisotopic (exact) mass is 566 g/mol. The van der Waals surface area contributed by atoms with Crippen molar-refractivity contribution in [3.8, 4) is 0 Å². The summed E-state index contributed by atoms with van der Waals surface area (Å²) in [4.78, 5) is 31.5. The average molecular weight is 567 g/mol. The van der Waals surface area contributed by atoms with Crippen molar-refractivity contribution in [3.05, 3.63) is 62.6 Å². The third kappa shape index (κ3) is 18.5. The van der Waals surface area contributed by atoms with Crippen LogP contribution in [0, 0.1) is 0 Å². The van der Waals surface area contributed by atoms with Gasteiger partial charge in [-0.2, -0.15) is 0 Å². The minimum absolute atomic E-state index is 0. The predicted molar refractivity (Wildman–Crippen MR) is 143 cm³/mol. The molecule has 12 nitrogen and oxygen atoms in total. The van der Waals surface area contributed by atoms with Gasteiger partial charge in [-0.15, -0.1) is 31.2 Å². The highest BCUT2D eigenvalue weighted by Crippen LogP contribution is 2.25. The van der Waals surface area contributed by atoms with Gasteiger partial charge in [-0.1, -0.05) is 29.4 Å². The van der Waals surface area contributed by atoms with Gasteiger partial charge in [0.25, 0.3) is 0 Å². The number of hydrogen-bond donors (Lipinski definition) is 5. The van der Waals surface area contributed by atoms with Crippen molar-refractivity contribution in [2.75, 3.05) is 19.8 Å². The van der Waals surface area contributed by atoms with Crippen LogP contribution in [0.2, 0.25) is 0 Å². The number of ether oxygens (including phenoxy) is 2. The number of carbonyl (C=O) groups excluding carboxylic acids is 2. The Morgan fingerprint density at radius 1 is 1.32 bits per heavy atom. The molecular formula is C24H42FN3O9P+. The number of allylic oxidation sites excluding steroid dienone is 4. The molecule has 5 atom stereocenters. The van der Waals surface area contributed by atoms with Gasteiger partial charge in [-0.3, -0.25) is 9.69 Å². The van der Waals surface area contributed by atoms with Crippen molar-refractivity contribution in [2.45, 2.75) is 57.6 Å². The lowest BCUT2D eigenvalue weighted by Crippen LogP contribution is -2.46. The first-order chi connectivity index (χ1) is 17.5. The quantitative estimate of drug-likeness (QED) is 0.150. The van der Waals surface area contributed by atoms with Crippen LogP contribution in [0.3, 0.4) is 0 Å². The van der Waals surface area contributed by atoms with Gasteiger partial charge in [-0.05, 0) is 31.3 Å². The summed E-state index contributed by atoms with van der Waals surface area (Å²) in [6.07, 6.45) is 7.98. The summed E-state index contributed by atoms with van der Waals surface area (Å²) < 4.78 is 32.9. The normalized spacial score (nSPS) is 20.4. The number of esters is 1. The van der Waals surface area contributed by atoms with E-state index in [1.807, 2.05) is 24.3 Å². The Hall–Kier alpha value is -2.77. The molecule has 2 amide bonds. The molecule has 0 saturated carbocycles. The number of halogens is 1. The number of nitrogens with zero attached hydrogens (tertiary/aromatic N) is 1. The molecule has 218 valence electrons. The SMILES string of the molecule is C=CCC=C.C=CCC=C.CCOC(=O)[C@H](C)N[P+](=O)O.O.O=C1NCC(F)=CN1[C@H]1CC(O)[C@@H](CO)O1. The van der Waals surface area contributed by atoms with Crippen molar-refractivity contribution in [3.63, 3.8) is 0 Å². The summed E-state index contributed by atoms with van der Waals surface area (Å²) in [5.74, 6) is -1.00. The molecule has 14 heteroatoms. The zero-order valence-electron chi connectivity index (χ0n) is 21.9. The molecule has 0 aromatic carbocycles. The van der Waals surface area contributed by atoms with Crippen molar-refractivity contribution in [2.24, 2.45) is 0 Å². The lowest BCUT2D eigenvalue weighted by Gasteiger charge is -2.28. The first kappa shape index (κ1) is 39.7. The molecule has 2 heterocycles. The highest BCUT2D eigenvalue weighted by Gasteiger charge is 2.39. The molecule has 0 aromatic rings. The molecule has 0 bridgehead atoms. The second-order valence-corrected chi connectivity index (χ2v) is 8.06. The van der Waals surface area contributed by atoms with Crippen LogP contribution >= 0.6 is 8.18 Å². The Kier molecular flexibility index (Phi) is 25.7. The van der Waals surface area contributed by atoms with Crippen LogP contribution in [0.25, 0.3) is 0 Å². The summed E-state index contributed by atoms with van der Waals surface area (Å²) in [5, 5.41) is 22.8. The van der Waals surface area contributed by atoms with Gasteiger partial charge < -0.3 is 30.5 Å². The number of hydrogen-bond acceptors (Lipinski definition) is 7. The van der Waals surface area contributed by atoms with Crippen LogP contribution in [0.4, 0.5) is 9.18 Å². The molecule has 7 N–H and O–H groups in total. The number of nitrogens with one attached hydrogen (secondary N) is 2. The Morgan fingerprint density at radius 2 is 1.84 bits per heavy atom. The minimum atomic E-state index is -2.48. The maximum atomic E-state index is 13.0. The molecule has 2 rings (SSSR count). The maximum absolute atomic E-state index is 13.0. The van der Waals surface area contributed by atoms with E-state index >= 15 is 0 Å². The first-order valence-electron chi connectivity index (χ1n) is 11.4. The third-order valence-corrected chi connectivity index (χ3v) is 4.84. The Balaban J connectivity index is -0.000000485. The number of aliphatic hydroxyl groups excluding tert-OH is 2. The fourth-order valence-corrected chi connectivity index (χ4v) is 2.93. The van der Waals surface area contributed by atoms with E-state index in [1.165, 1.54) is 6.92 Å². The number of urea groups is 1. The molecule has 1 fully saturated rings. The van der Waals surface area contributed by atoms with E-state index < -0.39 is 50.5 Å². The van der Waals surface area contributed by atoms with Gasteiger partial charge >= 0.3 is 20.2 Å². The van der Waals surface area contributed by atoms with Crippen molar-refractivity contribution < 1.29 is 48.6 Å². The van der Waals surface area contributed by atoms with Crippen molar-refractivity contribution in [1.29, 1.82) is 0 Å². The number of aliphatic hydroxyl groups is 2. The van der Waals surface area contributed by atoms with E-state index in [1.54, 1.807) is 6.92 Å². The van der Waals surface area contributed by atoms with Crippen LogP contribution in [0.5, 0.6) is 0 Å². The van der Waals surface area contributed by atoms with E-state index in [0.717, 1.165) is 23.9 Å². The summed E-state index contributed by atoms with van der Waals surface area (Å²) in [6.45, 7) is 16.9. The fourth-order valence-electron chi connectivity index (χ4n) is 2.49. The van der Waals surface area contributed by atoms with Crippen LogP contribution in [-0.2, 0) is 18.8 Å². The van der Waals surface area contributed by atoms with Crippen molar-refractivity contribution in [1.82, 2.24) is 15.3 Å². The lowest BCUT2D eigenvalue weighted by molar-refractivity contribution is -0.144. The van der Waals surface area contributed by atoms with Crippen LogP contribution in [0.1, 0.15) is 33.1 Å². The maximum Gasteiger partial charge on any atom is 0.611 e. The molecular weight excluding hydrogens is 524 g/mol.